The summed E-state index contributed by atoms with van der Waals surface area (Å²) in [7, 11) is 0. The normalized spacial score (nSPS) is 21.3. The molecule has 2 rings (SSSR count). The molecule has 0 aromatic carbocycles. The second-order valence-corrected chi connectivity index (χ2v) is 4.21. The number of hydrogen-bond acceptors (Lipinski definition) is 1. The van der Waals surface area contributed by atoms with Crippen LogP contribution in [0.2, 0.25) is 0 Å². The van der Waals surface area contributed by atoms with Gasteiger partial charge < -0.3 is 4.42 Å². The fourth-order valence-corrected chi connectivity index (χ4v) is 1.80. The predicted octanol–water partition coefficient (Wildman–Crippen LogP) is 2.79. The highest BCUT2D eigenvalue weighted by Gasteiger charge is 2.26. The second kappa shape index (κ2) is 2.13. The van der Waals surface area contributed by atoms with E-state index in [0.717, 1.165) is 6.42 Å². The van der Waals surface area contributed by atoms with Crippen molar-refractivity contribution in [2.24, 2.45) is 5.41 Å². The zero-order valence-electron chi connectivity index (χ0n) is 7.18. The Kier molecular flexibility index (Phi) is 1.35. The molecule has 0 N–H and O–H groups in total. The van der Waals surface area contributed by atoms with Crippen LogP contribution in [0.4, 0.5) is 0 Å². The van der Waals surface area contributed by atoms with Crippen molar-refractivity contribution >= 4 is 0 Å². The molecule has 0 amide bonds. The minimum atomic E-state index is 0.483. The van der Waals surface area contributed by atoms with Gasteiger partial charge in [0.1, 0.15) is 5.76 Å². The van der Waals surface area contributed by atoms with E-state index in [0.29, 0.717) is 5.41 Å². The SMILES string of the molecule is CC1(C)CCc2occc2C1. The Labute approximate surface area is 67.4 Å². The molecule has 11 heavy (non-hydrogen) atoms. The number of furan rings is 1. The largest absolute Gasteiger partial charge is 0.469 e. The van der Waals surface area contributed by atoms with E-state index in [1.54, 1.807) is 0 Å². The van der Waals surface area contributed by atoms with Gasteiger partial charge in [0, 0.05) is 6.42 Å². The fraction of sp³-hybridized carbons (Fsp3) is 0.600. The topological polar surface area (TPSA) is 13.1 Å². The molecule has 60 valence electrons. The molecule has 1 aromatic rings. The smallest absolute Gasteiger partial charge is 0.106 e. The van der Waals surface area contributed by atoms with Gasteiger partial charge in [-0.05, 0) is 29.9 Å². The van der Waals surface area contributed by atoms with E-state index in [1.807, 2.05) is 6.26 Å². The van der Waals surface area contributed by atoms with Gasteiger partial charge in [-0.3, -0.25) is 0 Å². The van der Waals surface area contributed by atoms with E-state index in [-0.39, 0.29) is 0 Å². The summed E-state index contributed by atoms with van der Waals surface area (Å²) in [5.41, 5.74) is 1.90. The third-order valence-electron chi connectivity index (χ3n) is 2.54. The van der Waals surface area contributed by atoms with Crippen molar-refractivity contribution in [1.29, 1.82) is 0 Å². The van der Waals surface area contributed by atoms with E-state index in [1.165, 1.54) is 24.2 Å². The predicted molar refractivity (Wildman–Crippen MR) is 44.5 cm³/mol. The molecule has 0 radical (unpaired) electrons. The van der Waals surface area contributed by atoms with Crippen LogP contribution in [0.3, 0.4) is 0 Å². The molecule has 1 aromatic heterocycles. The van der Waals surface area contributed by atoms with Crippen molar-refractivity contribution in [3.05, 3.63) is 23.7 Å². The molecule has 0 saturated heterocycles. The lowest BCUT2D eigenvalue weighted by Crippen LogP contribution is -2.20. The highest BCUT2D eigenvalue weighted by Crippen LogP contribution is 2.34. The summed E-state index contributed by atoms with van der Waals surface area (Å²) in [6, 6.07) is 2.11. The van der Waals surface area contributed by atoms with Gasteiger partial charge in [-0.2, -0.15) is 0 Å². The Morgan fingerprint density at radius 3 is 3.09 bits per heavy atom. The average Bonchev–Trinajstić information content (AvgIpc) is 2.31. The maximum absolute atomic E-state index is 5.35. The van der Waals surface area contributed by atoms with E-state index in [9.17, 15) is 0 Å². The van der Waals surface area contributed by atoms with Crippen molar-refractivity contribution in [2.75, 3.05) is 0 Å². The van der Waals surface area contributed by atoms with Crippen LogP contribution in [0.15, 0.2) is 16.7 Å². The lowest BCUT2D eigenvalue weighted by molar-refractivity contribution is 0.295. The Hall–Kier alpha value is -0.720. The van der Waals surface area contributed by atoms with Crippen molar-refractivity contribution in [3.63, 3.8) is 0 Å². The molecule has 1 aliphatic rings. The minimum Gasteiger partial charge on any atom is -0.469 e. The van der Waals surface area contributed by atoms with Crippen LogP contribution in [0.5, 0.6) is 0 Å². The van der Waals surface area contributed by atoms with Gasteiger partial charge in [0.15, 0.2) is 0 Å². The second-order valence-electron chi connectivity index (χ2n) is 4.21. The molecule has 0 atom stereocenters. The van der Waals surface area contributed by atoms with E-state index in [2.05, 4.69) is 19.9 Å². The molecule has 0 unspecified atom stereocenters. The molecule has 1 heteroatoms. The Morgan fingerprint density at radius 1 is 1.45 bits per heavy atom. The van der Waals surface area contributed by atoms with Crippen LogP contribution in [0.25, 0.3) is 0 Å². The number of fused-ring (bicyclic) bond motifs is 1. The molecule has 0 bridgehead atoms. The molecule has 0 saturated carbocycles. The maximum Gasteiger partial charge on any atom is 0.106 e. The van der Waals surface area contributed by atoms with Crippen molar-refractivity contribution in [3.8, 4) is 0 Å². The summed E-state index contributed by atoms with van der Waals surface area (Å²) >= 11 is 0. The van der Waals surface area contributed by atoms with Gasteiger partial charge in [-0.1, -0.05) is 13.8 Å². The van der Waals surface area contributed by atoms with E-state index < -0.39 is 0 Å². The van der Waals surface area contributed by atoms with Crippen LogP contribution in [-0.4, -0.2) is 0 Å². The highest BCUT2D eigenvalue weighted by molar-refractivity contribution is 5.21. The van der Waals surface area contributed by atoms with Crippen LogP contribution in [0.1, 0.15) is 31.6 Å². The molecular weight excluding hydrogens is 136 g/mol. The zero-order valence-corrected chi connectivity index (χ0v) is 7.18. The molecule has 1 heterocycles. The van der Waals surface area contributed by atoms with Crippen LogP contribution in [-0.2, 0) is 12.8 Å². The Bertz CT molecular complexity index is 258. The molecule has 0 fully saturated rings. The van der Waals surface area contributed by atoms with Crippen molar-refractivity contribution in [1.82, 2.24) is 0 Å². The standard InChI is InChI=1S/C10H14O/c1-10(2)5-3-9-8(7-10)4-6-11-9/h4,6H,3,5,7H2,1-2H3. The van der Waals surface area contributed by atoms with Gasteiger partial charge in [0.2, 0.25) is 0 Å². The maximum atomic E-state index is 5.35. The zero-order chi connectivity index (χ0) is 7.90. The minimum absolute atomic E-state index is 0.483. The van der Waals surface area contributed by atoms with Crippen molar-refractivity contribution in [2.45, 2.75) is 33.1 Å². The summed E-state index contributed by atoms with van der Waals surface area (Å²) in [6.07, 6.45) is 5.37. The summed E-state index contributed by atoms with van der Waals surface area (Å²) in [6.45, 7) is 4.64. The first kappa shape index (κ1) is 6.96. The third kappa shape index (κ3) is 1.20. The van der Waals surface area contributed by atoms with Crippen LogP contribution < -0.4 is 0 Å². The number of aryl methyl sites for hydroxylation is 1. The van der Waals surface area contributed by atoms with Gasteiger partial charge >= 0.3 is 0 Å². The lowest BCUT2D eigenvalue weighted by Gasteiger charge is -2.28. The highest BCUT2D eigenvalue weighted by atomic mass is 16.3. The third-order valence-corrected chi connectivity index (χ3v) is 2.54. The Balaban J connectivity index is 2.32. The lowest BCUT2D eigenvalue weighted by atomic mass is 9.77. The summed E-state index contributed by atoms with van der Waals surface area (Å²) in [5.74, 6) is 1.21. The summed E-state index contributed by atoms with van der Waals surface area (Å²) in [4.78, 5) is 0. The molecular formula is C10H14O. The number of rotatable bonds is 0. The molecule has 1 nitrogen and oxygen atoms in total. The van der Waals surface area contributed by atoms with Gasteiger partial charge in [-0.15, -0.1) is 0 Å². The van der Waals surface area contributed by atoms with Crippen LogP contribution in [0, 0.1) is 5.41 Å². The van der Waals surface area contributed by atoms with Gasteiger partial charge in [0.05, 0.1) is 6.26 Å². The molecule has 0 aliphatic heterocycles. The number of hydrogen-bond donors (Lipinski definition) is 0. The average molecular weight is 150 g/mol. The molecule has 1 aliphatic carbocycles. The summed E-state index contributed by atoms with van der Waals surface area (Å²) in [5, 5.41) is 0. The monoisotopic (exact) mass is 150 g/mol. The quantitative estimate of drug-likeness (QED) is 0.554. The molecule has 0 spiro atoms. The van der Waals surface area contributed by atoms with Crippen LogP contribution >= 0.6 is 0 Å². The first-order valence-corrected chi connectivity index (χ1v) is 4.23. The van der Waals surface area contributed by atoms with E-state index >= 15 is 0 Å². The first-order valence-electron chi connectivity index (χ1n) is 4.23. The summed E-state index contributed by atoms with van der Waals surface area (Å²) < 4.78 is 5.35. The fourth-order valence-electron chi connectivity index (χ4n) is 1.80. The Morgan fingerprint density at radius 2 is 2.27 bits per heavy atom. The van der Waals surface area contributed by atoms with Gasteiger partial charge in [-0.25, -0.2) is 0 Å². The van der Waals surface area contributed by atoms with Crippen molar-refractivity contribution < 1.29 is 4.42 Å². The van der Waals surface area contributed by atoms with Gasteiger partial charge in [0.25, 0.3) is 0 Å². The first-order chi connectivity index (χ1) is 5.17. The van der Waals surface area contributed by atoms with E-state index in [4.69, 9.17) is 4.42 Å².